The lowest BCUT2D eigenvalue weighted by molar-refractivity contribution is 0.102. The minimum absolute atomic E-state index is 0.118. The van der Waals surface area contributed by atoms with Crippen LogP contribution in [0, 0.1) is 0 Å². The Kier molecular flexibility index (Phi) is 6.58. The van der Waals surface area contributed by atoms with Gasteiger partial charge >= 0.3 is 0 Å². The first-order valence-corrected chi connectivity index (χ1v) is 9.14. The molecule has 0 aliphatic rings. The van der Waals surface area contributed by atoms with E-state index >= 15 is 0 Å². The fourth-order valence-corrected chi connectivity index (χ4v) is 2.87. The molecule has 0 heterocycles. The average Bonchev–Trinajstić information content (AvgIpc) is 2.74. The monoisotopic (exact) mass is 393 g/mol. The van der Waals surface area contributed by atoms with Crippen LogP contribution in [0.15, 0.2) is 66.7 Å². The summed E-state index contributed by atoms with van der Waals surface area (Å²) in [5, 5.41) is 12.7. The number of amides is 1. The van der Waals surface area contributed by atoms with Crippen LogP contribution < -0.4 is 19.5 Å². The number of hydrogen-bond donors (Lipinski definition) is 2. The lowest BCUT2D eigenvalue weighted by Gasteiger charge is -2.12. The fraction of sp³-hybridized carbons (Fsp3) is 0.174. The maximum absolute atomic E-state index is 12.5. The van der Waals surface area contributed by atoms with E-state index in [4.69, 9.17) is 14.2 Å². The van der Waals surface area contributed by atoms with Gasteiger partial charge in [-0.3, -0.25) is 4.79 Å². The Morgan fingerprint density at radius 2 is 1.76 bits per heavy atom. The van der Waals surface area contributed by atoms with E-state index in [2.05, 4.69) is 5.32 Å². The van der Waals surface area contributed by atoms with E-state index in [9.17, 15) is 9.90 Å². The number of benzene rings is 3. The highest BCUT2D eigenvalue weighted by molar-refractivity contribution is 6.06. The summed E-state index contributed by atoms with van der Waals surface area (Å²) in [6.45, 7) is 0.467. The minimum atomic E-state index is -0.437. The Hall–Kier alpha value is -3.67. The normalized spacial score (nSPS) is 10.3. The zero-order valence-electron chi connectivity index (χ0n) is 16.3. The summed E-state index contributed by atoms with van der Waals surface area (Å²) in [5.41, 5.74) is 1.76. The third kappa shape index (κ3) is 5.19. The van der Waals surface area contributed by atoms with Gasteiger partial charge in [0.1, 0.15) is 23.0 Å². The number of hydrogen-bond acceptors (Lipinski definition) is 5. The van der Waals surface area contributed by atoms with E-state index < -0.39 is 5.91 Å². The number of rotatable bonds is 8. The van der Waals surface area contributed by atoms with Crippen LogP contribution in [0.5, 0.6) is 23.0 Å². The summed E-state index contributed by atoms with van der Waals surface area (Å²) in [6.07, 6.45) is 0.693. The predicted molar refractivity (Wildman–Crippen MR) is 111 cm³/mol. The van der Waals surface area contributed by atoms with Crippen molar-refractivity contribution in [2.75, 3.05) is 26.1 Å². The highest BCUT2D eigenvalue weighted by atomic mass is 16.5. The van der Waals surface area contributed by atoms with Crippen molar-refractivity contribution in [1.29, 1.82) is 0 Å². The van der Waals surface area contributed by atoms with E-state index in [0.717, 1.165) is 11.3 Å². The topological polar surface area (TPSA) is 77.0 Å². The van der Waals surface area contributed by atoms with Crippen LogP contribution in [0.25, 0.3) is 0 Å². The van der Waals surface area contributed by atoms with Crippen molar-refractivity contribution in [3.05, 3.63) is 77.9 Å². The number of carbonyl (C=O) groups is 1. The molecule has 3 aromatic rings. The second-order valence-electron chi connectivity index (χ2n) is 6.28. The molecule has 0 aliphatic heterocycles. The number of ether oxygens (including phenoxy) is 3. The van der Waals surface area contributed by atoms with Crippen molar-refractivity contribution in [1.82, 2.24) is 0 Å². The van der Waals surface area contributed by atoms with E-state index in [1.807, 2.05) is 30.3 Å². The van der Waals surface area contributed by atoms with Gasteiger partial charge in [-0.2, -0.15) is 0 Å². The molecule has 0 fully saturated rings. The molecule has 0 spiro atoms. The first-order chi connectivity index (χ1) is 14.1. The van der Waals surface area contributed by atoms with Crippen LogP contribution in [0.2, 0.25) is 0 Å². The molecule has 0 saturated heterocycles. The smallest absolute Gasteiger partial charge is 0.259 e. The zero-order chi connectivity index (χ0) is 20.6. The van der Waals surface area contributed by atoms with Gasteiger partial charge in [0, 0.05) is 18.2 Å². The van der Waals surface area contributed by atoms with Crippen LogP contribution in [-0.4, -0.2) is 31.8 Å². The van der Waals surface area contributed by atoms with Crippen molar-refractivity contribution in [3.63, 3.8) is 0 Å². The molecule has 0 radical (unpaired) electrons. The molecule has 3 rings (SSSR count). The predicted octanol–water partition coefficient (Wildman–Crippen LogP) is 4.28. The van der Waals surface area contributed by atoms with Crippen LogP contribution in [0.3, 0.4) is 0 Å². The average molecular weight is 393 g/mol. The Labute approximate surface area is 169 Å². The molecular weight excluding hydrogens is 370 g/mol. The number of para-hydroxylation sites is 1. The first-order valence-electron chi connectivity index (χ1n) is 9.14. The van der Waals surface area contributed by atoms with Crippen molar-refractivity contribution in [2.45, 2.75) is 6.42 Å². The summed E-state index contributed by atoms with van der Waals surface area (Å²) in [5.74, 6) is 1.39. The van der Waals surface area contributed by atoms with E-state index in [1.54, 1.807) is 31.4 Å². The van der Waals surface area contributed by atoms with Crippen molar-refractivity contribution in [3.8, 4) is 23.0 Å². The number of aromatic hydroxyl groups is 1. The van der Waals surface area contributed by atoms with Crippen LogP contribution >= 0.6 is 0 Å². The van der Waals surface area contributed by atoms with Gasteiger partial charge in [-0.05, 0) is 42.0 Å². The number of anilines is 1. The third-order valence-corrected chi connectivity index (χ3v) is 4.37. The molecule has 0 aliphatic carbocycles. The third-order valence-electron chi connectivity index (χ3n) is 4.37. The van der Waals surface area contributed by atoms with Crippen LogP contribution in [0.1, 0.15) is 15.9 Å². The Bertz CT molecular complexity index is 987. The second kappa shape index (κ2) is 9.50. The lowest BCUT2D eigenvalue weighted by atomic mass is 10.1. The van der Waals surface area contributed by atoms with Gasteiger partial charge in [-0.15, -0.1) is 0 Å². The zero-order valence-corrected chi connectivity index (χ0v) is 16.3. The molecule has 2 N–H and O–H groups in total. The van der Waals surface area contributed by atoms with Gasteiger partial charge < -0.3 is 24.6 Å². The van der Waals surface area contributed by atoms with Crippen LogP contribution in [-0.2, 0) is 6.42 Å². The van der Waals surface area contributed by atoms with Crippen LogP contribution in [0.4, 0.5) is 5.69 Å². The van der Waals surface area contributed by atoms with Crippen molar-refractivity contribution >= 4 is 11.6 Å². The number of phenols is 1. The van der Waals surface area contributed by atoms with Gasteiger partial charge in [0.25, 0.3) is 5.91 Å². The van der Waals surface area contributed by atoms with Gasteiger partial charge in [0.2, 0.25) is 0 Å². The number of methoxy groups -OCH3 is 2. The maximum Gasteiger partial charge on any atom is 0.259 e. The Morgan fingerprint density at radius 1 is 0.931 bits per heavy atom. The number of phenolic OH excluding ortho intramolecular Hbond substituents is 1. The SMILES string of the molecule is COc1ccc(O)c(C(=O)Nc2cccc(OCCc3ccccc3OC)c2)c1. The Balaban J connectivity index is 1.63. The quantitative estimate of drug-likeness (QED) is 0.597. The Morgan fingerprint density at radius 3 is 2.55 bits per heavy atom. The van der Waals surface area contributed by atoms with Gasteiger partial charge in [-0.1, -0.05) is 24.3 Å². The molecule has 1 amide bonds. The van der Waals surface area contributed by atoms with E-state index in [0.29, 0.717) is 30.2 Å². The lowest BCUT2D eigenvalue weighted by Crippen LogP contribution is -2.12. The molecule has 0 saturated carbocycles. The number of nitrogens with one attached hydrogen (secondary N) is 1. The highest BCUT2D eigenvalue weighted by Crippen LogP contribution is 2.25. The number of carbonyl (C=O) groups excluding carboxylic acids is 1. The van der Waals surface area contributed by atoms with Crippen molar-refractivity contribution < 1.29 is 24.1 Å². The summed E-state index contributed by atoms with van der Waals surface area (Å²) in [6, 6.07) is 19.4. The summed E-state index contributed by atoms with van der Waals surface area (Å²) < 4.78 is 16.3. The maximum atomic E-state index is 12.5. The molecule has 29 heavy (non-hydrogen) atoms. The van der Waals surface area contributed by atoms with Gasteiger partial charge in [0.05, 0.1) is 26.4 Å². The van der Waals surface area contributed by atoms with Gasteiger partial charge in [-0.25, -0.2) is 0 Å². The molecular formula is C23H23NO5. The molecule has 3 aromatic carbocycles. The molecule has 6 nitrogen and oxygen atoms in total. The first kappa shape index (κ1) is 20.1. The summed E-state index contributed by atoms with van der Waals surface area (Å²) in [7, 11) is 3.14. The molecule has 0 atom stereocenters. The summed E-state index contributed by atoms with van der Waals surface area (Å²) in [4.78, 5) is 12.5. The largest absolute Gasteiger partial charge is 0.507 e. The standard InChI is InChI=1S/C23H23NO5/c1-27-18-10-11-21(25)20(15-18)23(26)24-17-7-5-8-19(14-17)29-13-12-16-6-3-4-9-22(16)28-2/h3-11,14-15,25H,12-13H2,1-2H3,(H,24,26). The van der Waals surface area contributed by atoms with Gasteiger partial charge in [0.15, 0.2) is 0 Å². The minimum Gasteiger partial charge on any atom is -0.507 e. The molecule has 0 bridgehead atoms. The molecule has 6 heteroatoms. The van der Waals surface area contributed by atoms with Crippen molar-refractivity contribution in [2.24, 2.45) is 0 Å². The molecule has 0 aromatic heterocycles. The molecule has 150 valence electrons. The fourth-order valence-electron chi connectivity index (χ4n) is 2.87. The van der Waals surface area contributed by atoms with E-state index in [1.165, 1.54) is 19.2 Å². The second-order valence-corrected chi connectivity index (χ2v) is 6.28. The summed E-state index contributed by atoms with van der Waals surface area (Å²) >= 11 is 0. The van der Waals surface area contributed by atoms with E-state index in [-0.39, 0.29) is 11.3 Å². The molecule has 0 unspecified atom stereocenters. The highest BCUT2D eigenvalue weighted by Gasteiger charge is 2.13.